The smallest absolute Gasteiger partial charge is 0.132 e. The summed E-state index contributed by atoms with van der Waals surface area (Å²) in [7, 11) is 0. The van der Waals surface area contributed by atoms with Crippen molar-refractivity contribution in [3.8, 4) is 0 Å². The predicted octanol–water partition coefficient (Wildman–Crippen LogP) is 2.87. The van der Waals surface area contributed by atoms with E-state index in [1.165, 1.54) is 45.3 Å². The highest BCUT2D eigenvalue weighted by Crippen LogP contribution is 2.49. The molecule has 2 fully saturated rings. The number of rotatable bonds is 4. The van der Waals surface area contributed by atoms with Gasteiger partial charge in [0.15, 0.2) is 0 Å². The van der Waals surface area contributed by atoms with Gasteiger partial charge >= 0.3 is 0 Å². The Morgan fingerprint density at radius 3 is 2.81 bits per heavy atom. The van der Waals surface area contributed by atoms with Gasteiger partial charge in [-0.25, -0.2) is 0 Å². The normalized spacial score (nSPS) is 35.0. The SMILES string of the molecule is CCC(=O)CC1CCC2(CCN(CC)C2)C1. The highest BCUT2D eigenvalue weighted by atomic mass is 16.1. The summed E-state index contributed by atoms with van der Waals surface area (Å²) in [4.78, 5) is 14.1. The van der Waals surface area contributed by atoms with E-state index in [-0.39, 0.29) is 0 Å². The van der Waals surface area contributed by atoms with E-state index in [4.69, 9.17) is 0 Å². The maximum atomic E-state index is 11.5. The Balaban J connectivity index is 1.85. The Bertz CT molecular complexity index is 263. The standard InChI is InChI=1S/C14H25NO/c1-3-13(16)9-12-5-6-14(10-12)7-8-15(4-2)11-14/h12H,3-11H2,1-2H3. The van der Waals surface area contributed by atoms with Crippen LogP contribution in [0.4, 0.5) is 0 Å². The molecule has 1 aliphatic carbocycles. The summed E-state index contributed by atoms with van der Waals surface area (Å²) in [5.41, 5.74) is 0.592. The maximum absolute atomic E-state index is 11.5. The van der Waals surface area contributed by atoms with Crippen LogP contribution in [-0.4, -0.2) is 30.3 Å². The first-order chi connectivity index (χ1) is 7.67. The molecule has 2 atom stereocenters. The third-order valence-corrected chi connectivity index (χ3v) is 4.68. The summed E-state index contributed by atoms with van der Waals surface area (Å²) >= 11 is 0. The molecule has 1 aliphatic heterocycles. The number of hydrogen-bond donors (Lipinski definition) is 0. The highest BCUT2D eigenvalue weighted by molar-refractivity contribution is 5.78. The largest absolute Gasteiger partial charge is 0.303 e. The molecule has 0 aromatic carbocycles. The van der Waals surface area contributed by atoms with Crippen LogP contribution in [0.2, 0.25) is 0 Å². The van der Waals surface area contributed by atoms with Gasteiger partial charge in [0.1, 0.15) is 5.78 Å². The Morgan fingerprint density at radius 1 is 1.38 bits per heavy atom. The minimum Gasteiger partial charge on any atom is -0.303 e. The average molecular weight is 223 g/mol. The molecule has 1 saturated carbocycles. The molecule has 2 nitrogen and oxygen atoms in total. The van der Waals surface area contributed by atoms with Crippen LogP contribution in [0.3, 0.4) is 0 Å². The molecule has 0 N–H and O–H groups in total. The number of hydrogen-bond acceptors (Lipinski definition) is 2. The van der Waals surface area contributed by atoms with Crippen molar-refractivity contribution in [1.29, 1.82) is 0 Å². The highest BCUT2D eigenvalue weighted by Gasteiger charge is 2.43. The molecule has 92 valence electrons. The summed E-state index contributed by atoms with van der Waals surface area (Å²) in [5.74, 6) is 1.16. The van der Waals surface area contributed by atoms with Crippen LogP contribution in [0.25, 0.3) is 0 Å². The zero-order valence-electron chi connectivity index (χ0n) is 10.8. The monoisotopic (exact) mass is 223 g/mol. The van der Waals surface area contributed by atoms with Crippen LogP contribution in [0.1, 0.15) is 52.4 Å². The molecule has 0 bridgehead atoms. The number of carbonyl (C=O) groups is 1. The van der Waals surface area contributed by atoms with E-state index in [1.807, 2.05) is 6.92 Å². The van der Waals surface area contributed by atoms with Crippen LogP contribution in [0.15, 0.2) is 0 Å². The van der Waals surface area contributed by atoms with Gasteiger partial charge < -0.3 is 4.90 Å². The summed E-state index contributed by atoms with van der Waals surface area (Å²) in [6, 6.07) is 0. The van der Waals surface area contributed by atoms with Gasteiger partial charge in [0, 0.05) is 19.4 Å². The number of likely N-dealkylation sites (tertiary alicyclic amines) is 1. The van der Waals surface area contributed by atoms with Crippen molar-refractivity contribution in [2.45, 2.75) is 52.4 Å². The van der Waals surface area contributed by atoms with E-state index in [2.05, 4.69) is 11.8 Å². The molecule has 0 aromatic rings. The van der Waals surface area contributed by atoms with E-state index in [0.29, 0.717) is 17.1 Å². The van der Waals surface area contributed by atoms with Crippen molar-refractivity contribution >= 4 is 5.78 Å². The van der Waals surface area contributed by atoms with Gasteiger partial charge in [0.05, 0.1) is 0 Å². The molecule has 16 heavy (non-hydrogen) atoms. The van der Waals surface area contributed by atoms with Crippen molar-refractivity contribution in [2.75, 3.05) is 19.6 Å². The van der Waals surface area contributed by atoms with Gasteiger partial charge in [-0.15, -0.1) is 0 Å². The Labute approximate surface area is 99.4 Å². The lowest BCUT2D eigenvalue weighted by molar-refractivity contribution is -0.119. The lowest BCUT2D eigenvalue weighted by atomic mass is 9.84. The van der Waals surface area contributed by atoms with Gasteiger partial charge in [-0.3, -0.25) is 4.79 Å². The van der Waals surface area contributed by atoms with Crippen LogP contribution < -0.4 is 0 Å². The second-order valence-corrected chi connectivity index (χ2v) is 5.82. The van der Waals surface area contributed by atoms with E-state index in [1.54, 1.807) is 0 Å². The number of ketones is 1. The van der Waals surface area contributed by atoms with E-state index >= 15 is 0 Å². The lowest BCUT2D eigenvalue weighted by Gasteiger charge is -2.23. The molecule has 1 saturated heterocycles. The van der Waals surface area contributed by atoms with Crippen LogP contribution in [0, 0.1) is 11.3 Å². The van der Waals surface area contributed by atoms with Gasteiger partial charge in [0.25, 0.3) is 0 Å². The molecule has 2 aliphatic rings. The van der Waals surface area contributed by atoms with Crippen LogP contribution >= 0.6 is 0 Å². The topological polar surface area (TPSA) is 20.3 Å². The number of Topliss-reactive ketones (excluding diaryl/α,β-unsaturated/α-hetero) is 1. The molecule has 1 heterocycles. The van der Waals surface area contributed by atoms with Crippen LogP contribution in [-0.2, 0) is 4.79 Å². The fourth-order valence-corrected chi connectivity index (χ4v) is 3.64. The predicted molar refractivity (Wildman–Crippen MR) is 66.4 cm³/mol. The summed E-state index contributed by atoms with van der Waals surface area (Å²) in [5, 5.41) is 0. The fourth-order valence-electron chi connectivity index (χ4n) is 3.64. The van der Waals surface area contributed by atoms with Gasteiger partial charge in [-0.1, -0.05) is 13.8 Å². The van der Waals surface area contributed by atoms with Crippen molar-refractivity contribution in [3.05, 3.63) is 0 Å². The molecular weight excluding hydrogens is 198 g/mol. The first-order valence-electron chi connectivity index (χ1n) is 6.91. The van der Waals surface area contributed by atoms with Gasteiger partial charge in [-0.2, -0.15) is 0 Å². The first kappa shape index (κ1) is 12.1. The minimum absolute atomic E-state index is 0.465. The molecule has 2 unspecified atom stereocenters. The van der Waals surface area contributed by atoms with Gasteiger partial charge in [0.2, 0.25) is 0 Å². The first-order valence-corrected chi connectivity index (χ1v) is 6.91. The van der Waals surface area contributed by atoms with Gasteiger partial charge in [-0.05, 0) is 50.1 Å². The molecule has 0 radical (unpaired) electrons. The third kappa shape index (κ3) is 2.48. The molecule has 0 amide bonds. The van der Waals surface area contributed by atoms with E-state index in [0.717, 1.165) is 12.8 Å². The van der Waals surface area contributed by atoms with Crippen molar-refractivity contribution in [1.82, 2.24) is 4.90 Å². The summed E-state index contributed by atoms with van der Waals surface area (Å²) in [6.07, 6.45) is 6.93. The van der Waals surface area contributed by atoms with Crippen molar-refractivity contribution in [2.24, 2.45) is 11.3 Å². The Kier molecular flexibility index (Phi) is 3.68. The molecule has 0 aromatic heterocycles. The molecular formula is C14H25NO. The fraction of sp³-hybridized carbons (Fsp3) is 0.929. The van der Waals surface area contributed by atoms with E-state index < -0.39 is 0 Å². The zero-order chi connectivity index (χ0) is 11.6. The molecule has 2 rings (SSSR count). The second-order valence-electron chi connectivity index (χ2n) is 5.82. The minimum atomic E-state index is 0.465. The lowest BCUT2D eigenvalue weighted by Crippen LogP contribution is -2.25. The Morgan fingerprint density at radius 2 is 2.19 bits per heavy atom. The summed E-state index contributed by atoms with van der Waals surface area (Å²) in [6.45, 7) is 8.01. The molecule has 2 heteroatoms. The van der Waals surface area contributed by atoms with Crippen LogP contribution in [0.5, 0.6) is 0 Å². The number of nitrogens with zero attached hydrogens (tertiary/aromatic N) is 1. The number of carbonyl (C=O) groups excluding carboxylic acids is 1. The van der Waals surface area contributed by atoms with E-state index in [9.17, 15) is 4.79 Å². The second kappa shape index (κ2) is 4.87. The Hall–Kier alpha value is -0.370. The summed E-state index contributed by atoms with van der Waals surface area (Å²) < 4.78 is 0. The van der Waals surface area contributed by atoms with Crippen molar-refractivity contribution in [3.63, 3.8) is 0 Å². The maximum Gasteiger partial charge on any atom is 0.132 e. The quantitative estimate of drug-likeness (QED) is 0.730. The molecule has 1 spiro atoms. The van der Waals surface area contributed by atoms with Crippen molar-refractivity contribution < 1.29 is 4.79 Å². The average Bonchev–Trinajstić information content (AvgIpc) is 2.87. The third-order valence-electron chi connectivity index (χ3n) is 4.68. The zero-order valence-corrected chi connectivity index (χ0v) is 10.8.